The van der Waals surface area contributed by atoms with Crippen LogP contribution in [0.3, 0.4) is 0 Å². The SMILES string of the molecule is CC(C)(SCCSc1ccccc1F)[C@H](N)C(=O)O. The fraction of sp³-hybridized carbons (Fsp3) is 0.462. The molecule has 3 N–H and O–H groups in total. The number of carbonyl (C=O) groups is 1. The Morgan fingerprint density at radius 1 is 1.42 bits per heavy atom. The van der Waals surface area contributed by atoms with Crippen LogP contribution in [0.15, 0.2) is 29.2 Å². The first kappa shape index (κ1) is 16.3. The van der Waals surface area contributed by atoms with E-state index in [-0.39, 0.29) is 5.82 Å². The number of carboxylic acids is 1. The number of rotatable bonds is 7. The van der Waals surface area contributed by atoms with Crippen LogP contribution in [0.2, 0.25) is 0 Å². The van der Waals surface area contributed by atoms with Gasteiger partial charge in [-0.2, -0.15) is 11.8 Å². The van der Waals surface area contributed by atoms with Crippen LogP contribution in [0.25, 0.3) is 0 Å². The third-order valence-corrected chi connectivity index (χ3v) is 5.38. The molecule has 1 aromatic rings. The zero-order chi connectivity index (χ0) is 14.5. The first-order valence-corrected chi connectivity index (χ1v) is 7.81. The molecule has 0 fully saturated rings. The summed E-state index contributed by atoms with van der Waals surface area (Å²) in [5.41, 5.74) is 5.62. The zero-order valence-corrected chi connectivity index (χ0v) is 12.6. The van der Waals surface area contributed by atoms with Gasteiger partial charge in [0.15, 0.2) is 0 Å². The highest BCUT2D eigenvalue weighted by atomic mass is 32.2. The average Bonchev–Trinajstić information content (AvgIpc) is 2.35. The topological polar surface area (TPSA) is 63.3 Å². The number of halogens is 1. The molecular formula is C13H18FNO2S2. The van der Waals surface area contributed by atoms with Gasteiger partial charge in [-0.15, -0.1) is 11.8 Å². The summed E-state index contributed by atoms with van der Waals surface area (Å²) in [6.45, 7) is 3.62. The van der Waals surface area contributed by atoms with Crippen molar-refractivity contribution in [1.82, 2.24) is 0 Å². The molecule has 0 aliphatic carbocycles. The Balaban J connectivity index is 2.39. The van der Waals surface area contributed by atoms with Gasteiger partial charge in [0.2, 0.25) is 0 Å². The van der Waals surface area contributed by atoms with Gasteiger partial charge in [0.05, 0.1) is 0 Å². The maximum absolute atomic E-state index is 13.4. The quantitative estimate of drug-likeness (QED) is 0.599. The summed E-state index contributed by atoms with van der Waals surface area (Å²) in [6.07, 6.45) is 0. The van der Waals surface area contributed by atoms with Crippen LogP contribution in [0.1, 0.15) is 13.8 Å². The fourth-order valence-electron chi connectivity index (χ4n) is 1.41. The van der Waals surface area contributed by atoms with Crippen molar-refractivity contribution < 1.29 is 14.3 Å². The minimum Gasteiger partial charge on any atom is -0.480 e. The molecule has 1 aromatic carbocycles. The van der Waals surface area contributed by atoms with Gasteiger partial charge in [0.1, 0.15) is 11.9 Å². The van der Waals surface area contributed by atoms with E-state index in [1.54, 1.807) is 18.2 Å². The number of thioether (sulfide) groups is 2. The fourth-order valence-corrected chi connectivity index (χ4v) is 3.48. The summed E-state index contributed by atoms with van der Waals surface area (Å²) in [6, 6.07) is 5.71. The molecule has 0 spiro atoms. The molecule has 0 unspecified atom stereocenters. The first-order chi connectivity index (χ1) is 8.84. The normalized spacial score (nSPS) is 13.3. The summed E-state index contributed by atoms with van der Waals surface area (Å²) in [7, 11) is 0. The van der Waals surface area contributed by atoms with Gasteiger partial charge < -0.3 is 10.8 Å². The molecule has 0 radical (unpaired) electrons. The van der Waals surface area contributed by atoms with E-state index in [9.17, 15) is 9.18 Å². The Morgan fingerprint density at radius 3 is 2.63 bits per heavy atom. The molecule has 6 heteroatoms. The summed E-state index contributed by atoms with van der Waals surface area (Å²) < 4.78 is 12.8. The second kappa shape index (κ2) is 7.17. The van der Waals surface area contributed by atoms with Gasteiger partial charge in [-0.3, -0.25) is 4.79 Å². The molecule has 0 aliphatic heterocycles. The highest BCUT2D eigenvalue weighted by molar-refractivity contribution is 8.03. The van der Waals surface area contributed by atoms with Gasteiger partial charge in [-0.05, 0) is 26.0 Å². The van der Waals surface area contributed by atoms with Crippen molar-refractivity contribution >= 4 is 29.5 Å². The van der Waals surface area contributed by atoms with Crippen LogP contribution in [-0.2, 0) is 4.79 Å². The number of benzene rings is 1. The standard InChI is InChI=1S/C13H18FNO2S2/c1-13(2,11(15)12(16)17)19-8-7-18-10-6-4-3-5-9(10)14/h3-6,11H,7-8,15H2,1-2H3,(H,16,17)/t11-/m1/s1. The molecule has 0 saturated heterocycles. The molecule has 19 heavy (non-hydrogen) atoms. The van der Waals surface area contributed by atoms with Gasteiger partial charge in [0, 0.05) is 21.1 Å². The predicted octanol–water partition coefficient (Wildman–Crippen LogP) is 2.84. The Hall–Kier alpha value is -0.720. The molecule has 0 saturated carbocycles. The Kier molecular flexibility index (Phi) is 6.16. The lowest BCUT2D eigenvalue weighted by atomic mass is 10.1. The van der Waals surface area contributed by atoms with Crippen molar-refractivity contribution in [1.29, 1.82) is 0 Å². The van der Waals surface area contributed by atoms with Gasteiger partial charge in [-0.1, -0.05) is 12.1 Å². The van der Waals surface area contributed by atoms with Crippen molar-refractivity contribution in [3.63, 3.8) is 0 Å². The van der Waals surface area contributed by atoms with E-state index in [0.29, 0.717) is 16.4 Å². The van der Waals surface area contributed by atoms with E-state index in [2.05, 4.69) is 0 Å². The smallest absolute Gasteiger partial charge is 0.321 e. The molecule has 1 atom stereocenters. The van der Waals surface area contributed by atoms with Crippen LogP contribution in [-0.4, -0.2) is 33.4 Å². The summed E-state index contributed by atoms with van der Waals surface area (Å²) >= 11 is 2.91. The van der Waals surface area contributed by atoms with E-state index in [1.807, 2.05) is 13.8 Å². The molecule has 3 nitrogen and oxygen atoms in total. The first-order valence-electron chi connectivity index (χ1n) is 5.84. The minimum atomic E-state index is -1.00. The summed E-state index contributed by atoms with van der Waals surface area (Å²) in [5, 5.41) is 8.90. The van der Waals surface area contributed by atoms with Crippen LogP contribution < -0.4 is 5.73 Å². The molecule has 0 amide bonds. The van der Waals surface area contributed by atoms with E-state index >= 15 is 0 Å². The molecule has 0 aliphatic rings. The molecule has 106 valence electrons. The van der Waals surface area contributed by atoms with Crippen LogP contribution in [0.4, 0.5) is 4.39 Å². The third-order valence-electron chi connectivity index (χ3n) is 2.67. The highest BCUT2D eigenvalue weighted by Gasteiger charge is 2.32. The minimum absolute atomic E-state index is 0.223. The van der Waals surface area contributed by atoms with Crippen LogP contribution in [0, 0.1) is 5.82 Å². The molecular weight excluding hydrogens is 285 g/mol. The Bertz CT molecular complexity index is 440. The van der Waals surface area contributed by atoms with E-state index < -0.39 is 16.8 Å². The Labute approximate surface area is 121 Å². The number of hydrogen-bond acceptors (Lipinski definition) is 4. The monoisotopic (exact) mass is 303 g/mol. The van der Waals surface area contributed by atoms with Gasteiger partial charge in [-0.25, -0.2) is 4.39 Å². The largest absolute Gasteiger partial charge is 0.480 e. The van der Waals surface area contributed by atoms with Crippen LogP contribution in [0.5, 0.6) is 0 Å². The van der Waals surface area contributed by atoms with Crippen molar-refractivity contribution in [3.8, 4) is 0 Å². The Morgan fingerprint density at radius 2 is 2.05 bits per heavy atom. The number of nitrogens with two attached hydrogens (primary N) is 1. The van der Waals surface area contributed by atoms with Crippen molar-refractivity contribution in [2.45, 2.75) is 29.5 Å². The molecule has 1 rings (SSSR count). The maximum atomic E-state index is 13.4. The zero-order valence-electron chi connectivity index (χ0n) is 10.9. The second-order valence-corrected chi connectivity index (χ2v) is 7.43. The lowest BCUT2D eigenvalue weighted by Gasteiger charge is -2.27. The lowest BCUT2D eigenvalue weighted by molar-refractivity contribution is -0.139. The number of carboxylic acid groups (broad SMARTS) is 1. The van der Waals surface area contributed by atoms with Crippen molar-refractivity contribution in [3.05, 3.63) is 30.1 Å². The maximum Gasteiger partial charge on any atom is 0.321 e. The summed E-state index contributed by atoms with van der Waals surface area (Å²) in [4.78, 5) is 11.5. The average molecular weight is 303 g/mol. The van der Waals surface area contributed by atoms with Gasteiger partial charge >= 0.3 is 5.97 Å². The number of aliphatic carboxylic acids is 1. The molecule has 0 aromatic heterocycles. The van der Waals surface area contributed by atoms with E-state index in [1.165, 1.54) is 29.6 Å². The van der Waals surface area contributed by atoms with E-state index in [4.69, 9.17) is 10.8 Å². The summed E-state index contributed by atoms with van der Waals surface area (Å²) in [5.74, 6) is 0.201. The number of hydrogen-bond donors (Lipinski definition) is 2. The molecule has 0 bridgehead atoms. The third kappa shape index (κ3) is 5.04. The predicted molar refractivity (Wildman–Crippen MR) is 79.3 cm³/mol. The second-order valence-electron chi connectivity index (χ2n) is 4.55. The van der Waals surface area contributed by atoms with Crippen LogP contribution >= 0.6 is 23.5 Å². The lowest BCUT2D eigenvalue weighted by Crippen LogP contribution is -2.46. The van der Waals surface area contributed by atoms with Crippen molar-refractivity contribution in [2.24, 2.45) is 5.73 Å². The van der Waals surface area contributed by atoms with Crippen molar-refractivity contribution in [2.75, 3.05) is 11.5 Å². The van der Waals surface area contributed by atoms with Gasteiger partial charge in [0.25, 0.3) is 0 Å². The molecule has 0 heterocycles. The highest BCUT2D eigenvalue weighted by Crippen LogP contribution is 2.30. The van der Waals surface area contributed by atoms with E-state index in [0.717, 1.165) is 0 Å².